The Hall–Kier alpha value is -0.236. The standard InChI is InChI=1S/C29H48Cl2N2O4SSi2/c1-28(2,3)39(7,8)34-17-19-11-13-25(36-19)32-23-15-21(30)22(31)16-24(23)33(27(32)38)26-14-12-20(37-26)18-35-40(9,10)29(4,5)6/h15-16,19-20,25-26H,11-14,17-18H2,1-10H3/t19-,20-,25-,26+/m0/s1. The van der Waals surface area contributed by atoms with Gasteiger partial charge in [0.25, 0.3) is 0 Å². The van der Waals surface area contributed by atoms with E-state index < -0.39 is 16.6 Å². The Morgan fingerprint density at radius 2 is 1.10 bits per heavy atom. The highest BCUT2D eigenvalue weighted by Crippen LogP contribution is 2.42. The molecule has 11 heteroatoms. The Kier molecular flexibility index (Phi) is 9.55. The third kappa shape index (κ3) is 6.63. The molecule has 2 aliphatic rings. The monoisotopic (exact) mass is 646 g/mol. The van der Waals surface area contributed by atoms with Gasteiger partial charge in [0, 0.05) is 0 Å². The molecule has 2 aliphatic heterocycles. The van der Waals surface area contributed by atoms with Gasteiger partial charge in [-0.1, -0.05) is 64.7 Å². The summed E-state index contributed by atoms with van der Waals surface area (Å²) in [5.41, 5.74) is 1.83. The number of hydrogen-bond donors (Lipinski definition) is 0. The van der Waals surface area contributed by atoms with Crippen LogP contribution in [0.1, 0.15) is 79.7 Å². The lowest BCUT2D eigenvalue weighted by molar-refractivity contribution is -0.0268. The van der Waals surface area contributed by atoms with Gasteiger partial charge in [-0.3, -0.25) is 9.13 Å². The van der Waals surface area contributed by atoms with Crippen LogP contribution in [0.5, 0.6) is 0 Å². The molecular weight excluding hydrogens is 599 g/mol. The van der Waals surface area contributed by atoms with E-state index in [1.54, 1.807) is 0 Å². The van der Waals surface area contributed by atoms with E-state index in [-0.39, 0.29) is 34.7 Å². The fraction of sp³-hybridized carbons (Fsp3) is 0.759. The molecule has 3 heterocycles. The van der Waals surface area contributed by atoms with Gasteiger partial charge >= 0.3 is 0 Å². The molecule has 1 aromatic carbocycles. The minimum Gasteiger partial charge on any atom is -0.414 e. The summed E-state index contributed by atoms with van der Waals surface area (Å²) in [7, 11) is -3.72. The van der Waals surface area contributed by atoms with E-state index in [2.05, 4.69) is 76.9 Å². The zero-order valence-electron chi connectivity index (χ0n) is 25.9. The van der Waals surface area contributed by atoms with Gasteiger partial charge in [-0.2, -0.15) is 0 Å². The summed E-state index contributed by atoms with van der Waals surface area (Å²) in [6, 6.07) is 3.81. The molecule has 0 bridgehead atoms. The van der Waals surface area contributed by atoms with Crippen molar-refractivity contribution in [2.24, 2.45) is 0 Å². The maximum atomic E-state index is 6.57. The van der Waals surface area contributed by atoms with Gasteiger partial charge in [0.15, 0.2) is 21.4 Å². The summed E-state index contributed by atoms with van der Waals surface area (Å²) < 4.78 is 31.0. The first-order valence-corrected chi connectivity index (χ1v) is 21.5. The first-order valence-electron chi connectivity index (χ1n) is 14.5. The van der Waals surface area contributed by atoms with Crippen molar-refractivity contribution >= 4 is 63.1 Å². The molecule has 0 amide bonds. The first kappa shape index (κ1) is 32.7. The summed E-state index contributed by atoms with van der Waals surface area (Å²) in [5, 5.41) is 1.32. The summed E-state index contributed by atoms with van der Waals surface area (Å²) in [6.45, 7) is 23.9. The van der Waals surface area contributed by atoms with E-state index in [0.717, 1.165) is 36.7 Å². The van der Waals surface area contributed by atoms with Crippen molar-refractivity contribution in [2.45, 2.75) is 128 Å². The van der Waals surface area contributed by atoms with Crippen molar-refractivity contribution in [2.75, 3.05) is 13.2 Å². The Labute approximate surface area is 257 Å². The second-order valence-electron chi connectivity index (χ2n) is 14.5. The minimum absolute atomic E-state index is 0.0294. The van der Waals surface area contributed by atoms with Crippen LogP contribution in [-0.2, 0) is 18.3 Å². The van der Waals surface area contributed by atoms with Gasteiger partial charge < -0.3 is 18.3 Å². The lowest BCUT2D eigenvalue weighted by Crippen LogP contribution is -2.42. The molecule has 2 aromatic rings. The van der Waals surface area contributed by atoms with E-state index >= 15 is 0 Å². The van der Waals surface area contributed by atoms with Crippen molar-refractivity contribution in [3.8, 4) is 0 Å². The molecule has 2 saturated heterocycles. The number of fused-ring (bicyclic) bond motifs is 1. The predicted molar refractivity (Wildman–Crippen MR) is 173 cm³/mol. The zero-order valence-corrected chi connectivity index (χ0v) is 30.2. The normalized spacial score (nSPS) is 24.9. The van der Waals surface area contributed by atoms with Crippen LogP contribution < -0.4 is 0 Å². The predicted octanol–water partition coefficient (Wildman–Crippen LogP) is 9.88. The molecular formula is C29H48Cl2N2O4SSi2. The molecule has 0 aliphatic carbocycles. The number of imidazole rings is 1. The van der Waals surface area contributed by atoms with Crippen LogP contribution in [-0.4, -0.2) is 51.2 Å². The number of rotatable bonds is 8. The molecule has 0 radical (unpaired) electrons. The smallest absolute Gasteiger partial charge is 0.192 e. The number of ether oxygens (including phenoxy) is 2. The lowest BCUT2D eigenvalue weighted by atomic mass is 10.2. The molecule has 0 spiro atoms. The Balaban J connectivity index is 1.56. The second kappa shape index (κ2) is 11.7. The molecule has 0 N–H and O–H groups in total. The Morgan fingerprint density at radius 1 is 0.750 bits per heavy atom. The van der Waals surface area contributed by atoms with Crippen LogP contribution in [0.3, 0.4) is 0 Å². The largest absolute Gasteiger partial charge is 0.414 e. The number of hydrogen-bond acceptors (Lipinski definition) is 5. The molecule has 4 rings (SSSR count). The SMILES string of the molecule is CC(C)(C)[Si](C)(C)OC[C@@H]1CC[C@@H](n2c(=S)n([C@H]3CC[C@@H](CO[Si](C)(C)C(C)(C)C)O3)c3cc(Cl)c(Cl)cc32)O1. The highest BCUT2D eigenvalue weighted by molar-refractivity contribution is 7.71. The van der Waals surface area contributed by atoms with Crippen molar-refractivity contribution in [1.82, 2.24) is 9.13 Å². The quantitative estimate of drug-likeness (QED) is 0.211. The fourth-order valence-corrected chi connectivity index (χ4v) is 7.64. The molecule has 2 fully saturated rings. The number of nitrogens with zero attached hydrogens (tertiary/aromatic N) is 2. The van der Waals surface area contributed by atoms with E-state index in [1.807, 2.05) is 12.1 Å². The molecule has 0 unspecified atom stereocenters. The van der Waals surface area contributed by atoms with Crippen LogP contribution >= 0.6 is 35.4 Å². The van der Waals surface area contributed by atoms with Crippen LogP contribution in [0.2, 0.25) is 46.3 Å². The summed E-state index contributed by atoms with van der Waals surface area (Å²) in [5.74, 6) is 0. The Morgan fingerprint density at radius 3 is 1.43 bits per heavy atom. The maximum absolute atomic E-state index is 6.57. The average Bonchev–Trinajstić information content (AvgIpc) is 3.53. The van der Waals surface area contributed by atoms with E-state index in [9.17, 15) is 0 Å². The highest BCUT2D eigenvalue weighted by atomic mass is 35.5. The lowest BCUT2D eigenvalue weighted by Gasteiger charge is -2.36. The number of aromatic nitrogens is 2. The summed E-state index contributed by atoms with van der Waals surface area (Å²) >= 11 is 19.1. The third-order valence-corrected chi connectivity index (χ3v) is 19.7. The summed E-state index contributed by atoms with van der Waals surface area (Å²) in [4.78, 5) is 0. The van der Waals surface area contributed by atoms with Crippen LogP contribution in [0, 0.1) is 4.77 Å². The van der Waals surface area contributed by atoms with Gasteiger partial charge in [-0.15, -0.1) is 0 Å². The molecule has 40 heavy (non-hydrogen) atoms. The summed E-state index contributed by atoms with van der Waals surface area (Å²) in [6.07, 6.45) is 3.22. The Bertz CT molecular complexity index is 1190. The van der Waals surface area contributed by atoms with Gasteiger partial charge in [-0.25, -0.2) is 0 Å². The number of benzene rings is 1. The van der Waals surface area contributed by atoms with Crippen molar-refractivity contribution in [3.05, 3.63) is 26.9 Å². The van der Waals surface area contributed by atoms with Crippen LogP contribution in [0.4, 0.5) is 0 Å². The van der Waals surface area contributed by atoms with Crippen LogP contribution in [0.15, 0.2) is 12.1 Å². The molecule has 1 aromatic heterocycles. The van der Waals surface area contributed by atoms with Gasteiger partial charge in [-0.05, 0) is 86.3 Å². The molecule has 226 valence electrons. The van der Waals surface area contributed by atoms with Crippen molar-refractivity contribution in [3.63, 3.8) is 0 Å². The second-order valence-corrected chi connectivity index (χ2v) is 25.3. The highest BCUT2D eigenvalue weighted by Gasteiger charge is 2.41. The first-order chi connectivity index (χ1) is 18.3. The topological polar surface area (TPSA) is 46.8 Å². The van der Waals surface area contributed by atoms with Gasteiger partial charge in [0.1, 0.15) is 12.5 Å². The number of halogens is 2. The maximum Gasteiger partial charge on any atom is 0.192 e. The van der Waals surface area contributed by atoms with Crippen molar-refractivity contribution < 1.29 is 18.3 Å². The fourth-order valence-electron chi connectivity index (χ4n) is 4.82. The molecule has 4 atom stereocenters. The van der Waals surface area contributed by atoms with E-state index in [1.165, 1.54) is 0 Å². The van der Waals surface area contributed by atoms with Crippen molar-refractivity contribution in [1.29, 1.82) is 0 Å². The average molecular weight is 648 g/mol. The molecule has 0 saturated carbocycles. The third-order valence-electron chi connectivity index (χ3n) is 9.57. The van der Waals surface area contributed by atoms with Gasteiger partial charge in [0.2, 0.25) is 0 Å². The molecule has 6 nitrogen and oxygen atoms in total. The zero-order chi connectivity index (χ0) is 29.8. The van der Waals surface area contributed by atoms with E-state index in [4.69, 9.17) is 53.7 Å². The van der Waals surface area contributed by atoms with Crippen LogP contribution in [0.25, 0.3) is 11.0 Å². The van der Waals surface area contributed by atoms with Gasteiger partial charge in [0.05, 0.1) is 46.5 Å². The minimum atomic E-state index is -1.86. The van der Waals surface area contributed by atoms with E-state index in [0.29, 0.717) is 28.0 Å².